The summed E-state index contributed by atoms with van der Waals surface area (Å²) in [6, 6.07) is 5.54. The van der Waals surface area contributed by atoms with E-state index >= 15 is 0 Å². The number of aromatic nitrogens is 3. The Balaban J connectivity index is 1.82. The number of nitrogens with one attached hydrogen (secondary N) is 1. The van der Waals surface area contributed by atoms with Crippen molar-refractivity contribution in [1.29, 1.82) is 0 Å². The van der Waals surface area contributed by atoms with Crippen LogP contribution in [0, 0.1) is 6.92 Å². The van der Waals surface area contributed by atoms with Crippen molar-refractivity contribution >= 4 is 41.1 Å². The number of carbonyl (C=O) groups is 3. The van der Waals surface area contributed by atoms with Gasteiger partial charge in [-0.25, -0.2) is 0 Å². The number of esters is 1. The zero-order valence-corrected chi connectivity index (χ0v) is 19.7. The molecule has 0 saturated heterocycles. The van der Waals surface area contributed by atoms with Crippen LogP contribution in [0.25, 0.3) is 5.69 Å². The first kappa shape index (κ1) is 24.7. The van der Waals surface area contributed by atoms with Crippen molar-refractivity contribution < 1.29 is 19.1 Å². The van der Waals surface area contributed by atoms with E-state index in [1.165, 1.54) is 18.3 Å². The maximum absolute atomic E-state index is 12.1. The summed E-state index contributed by atoms with van der Waals surface area (Å²) >= 11 is 7.30. The van der Waals surface area contributed by atoms with Gasteiger partial charge in [0.05, 0.1) is 18.0 Å². The van der Waals surface area contributed by atoms with Gasteiger partial charge in [0.2, 0.25) is 5.91 Å². The van der Waals surface area contributed by atoms with E-state index in [9.17, 15) is 14.4 Å². The van der Waals surface area contributed by atoms with Crippen LogP contribution in [0.15, 0.2) is 29.7 Å². The van der Waals surface area contributed by atoms with Crippen LogP contribution in [0.3, 0.4) is 0 Å². The lowest BCUT2D eigenvalue weighted by Gasteiger charge is -2.23. The van der Waals surface area contributed by atoms with Crippen LogP contribution in [-0.4, -0.2) is 68.9 Å². The number of carbonyl (C=O) groups excluding carboxylic acids is 3. The smallest absolute Gasteiger partial charge is 0.316 e. The average molecular weight is 468 g/mol. The number of halogens is 1. The van der Waals surface area contributed by atoms with Gasteiger partial charge < -0.3 is 15.0 Å². The van der Waals surface area contributed by atoms with Crippen molar-refractivity contribution in [2.75, 3.05) is 26.0 Å². The number of amides is 2. The summed E-state index contributed by atoms with van der Waals surface area (Å²) in [6.45, 7) is 6.88. The van der Waals surface area contributed by atoms with E-state index in [2.05, 4.69) is 15.5 Å². The lowest BCUT2D eigenvalue weighted by molar-refractivity contribution is -0.149. The molecule has 31 heavy (non-hydrogen) atoms. The maximum atomic E-state index is 12.1. The largest absolute Gasteiger partial charge is 0.455 e. The number of likely N-dealkylation sites (N-methyl/N-ethyl adjacent to an activating group) is 1. The van der Waals surface area contributed by atoms with E-state index in [4.69, 9.17) is 16.3 Å². The molecule has 0 atom stereocenters. The van der Waals surface area contributed by atoms with Crippen molar-refractivity contribution in [2.45, 2.75) is 38.4 Å². The molecule has 0 bridgehead atoms. The fourth-order valence-electron chi connectivity index (χ4n) is 2.41. The molecule has 0 aliphatic rings. The Morgan fingerprint density at radius 3 is 2.65 bits per heavy atom. The molecule has 2 rings (SSSR count). The molecule has 0 saturated carbocycles. The number of hydrogen-bond acceptors (Lipinski definition) is 7. The zero-order chi connectivity index (χ0) is 23.2. The summed E-state index contributed by atoms with van der Waals surface area (Å²) < 4.78 is 6.73. The van der Waals surface area contributed by atoms with Crippen molar-refractivity contribution in [3.63, 3.8) is 0 Å². The van der Waals surface area contributed by atoms with E-state index in [1.807, 2.05) is 39.8 Å². The van der Waals surface area contributed by atoms with Crippen LogP contribution in [-0.2, 0) is 19.1 Å². The molecule has 168 valence electrons. The standard InChI is InChI=1S/C20H26ClN5O4S/c1-13-6-7-14(8-15(13)21)26-12-22-24-19(26)31-11-18(29)30-10-17(28)25(5)9-16(27)23-20(2,3)4/h6-8,12H,9-11H2,1-5H3,(H,23,27). The Labute approximate surface area is 190 Å². The van der Waals surface area contributed by atoms with Gasteiger partial charge in [-0.1, -0.05) is 29.4 Å². The third-order valence-electron chi connectivity index (χ3n) is 3.95. The molecule has 0 aliphatic heterocycles. The molecule has 0 unspecified atom stereocenters. The van der Waals surface area contributed by atoms with Crippen molar-refractivity contribution in [2.24, 2.45) is 0 Å². The van der Waals surface area contributed by atoms with Crippen LogP contribution in [0.2, 0.25) is 5.02 Å². The first-order valence-corrected chi connectivity index (χ1v) is 10.8. The number of hydrogen-bond donors (Lipinski definition) is 1. The van der Waals surface area contributed by atoms with Gasteiger partial charge in [-0.3, -0.25) is 19.0 Å². The molecule has 1 aromatic heterocycles. The highest BCUT2D eigenvalue weighted by atomic mass is 35.5. The fourth-order valence-corrected chi connectivity index (χ4v) is 3.31. The second kappa shape index (κ2) is 10.6. The monoisotopic (exact) mass is 467 g/mol. The normalized spacial score (nSPS) is 11.2. The lowest BCUT2D eigenvalue weighted by Crippen LogP contribution is -2.46. The Bertz CT molecular complexity index is 957. The zero-order valence-electron chi connectivity index (χ0n) is 18.1. The van der Waals surface area contributed by atoms with Gasteiger partial charge in [-0.2, -0.15) is 0 Å². The molecule has 0 aliphatic carbocycles. The molecule has 0 spiro atoms. The summed E-state index contributed by atoms with van der Waals surface area (Å²) in [6.07, 6.45) is 1.52. The molecule has 1 N–H and O–H groups in total. The fraction of sp³-hybridized carbons (Fsp3) is 0.450. The number of rotatable bonds is 8. The molecule has 11 heteroatoms. The minimum atomic E-state index is -0.581. The number of nitrogens with zero attached hydrogens (tertiary/aromatic N) is 4. The summed E-state index contributed by atoms with van der Waals surface area (Å²) in [5, 5.41) is 11.7. The molecular formula is C20H26ClN5O4S. The van der Waals surface area contributed by atoms with Gasteiger partial charge in [-0.05, 0) is 45.4 Å². The van der Waals surface area contributed by atoms with Gasteiger partial charge >= 0.3 is 5.97 Å². The molecule has 2 amide bonds. The summed E-state index contributed by atoms with van der Waals surface area (Å²) in [5.74, 6) is -1.40. The van der Waals surface area contributed by atoms with Gasteiger partial charge in [0.25, 0.3) is 5.91 Å². The minimum absolute atomic E-state index is 0.0558. The van der Waals surface area contributed by atoms with Crippen molar-refractivity contribution in [3.8, 4) is 5.69 Å². The second-order valence-electron chi connectivity index (χ2n) is 7.91. The van der Waals surface area contributed by atoms with Crippen LogP contribution in [0.5, 0.6) is 0 Å². The third kappa shape index (κ3) is 7.87. The van der Waals surface area contributed by atoms with E-state index < -0.39 is 24.0 Å². The number of ether oxygens (including phenoxy) is 1. The number of thioether (sulfide) groups is 1. The molecular weight excluding hydrogens is 442 g/mol. The molecule has 0 fully saturated rings. The lowest BCUT2D eigenvalue weighted by atomic mass is 10.1. The second-order valence-corrected chi connectivity index (χ2v) is 9.26. The quantitative estimate of drug-likeness (QED) is 0.468. The van der Waals surface area contributed by atoms with Gasteiger partial charge in [0, 0.05) is 17.6 Å². The number of benzene rings is 1. The average Bonchev–Trinajstić information content (AvgIpc) is 3.13. The summed E-state index contributed by atoms with van der Waals surface area (Å²) in [7, 11) is 1.47. The van der Waals surface area contributed by atoms with Gasteiger partial charge in [-0.15, -0.1) is 10.2 Å². The highest BCUT2D eigenvalue weighted by Crippen LogP contribution is 2.23. The highest BCUT2D eigenvalue weighted by molar-refractivity contribution is 7.99. The molecule has 1 heterocycles. The van der Waals surface area contributed by atoms with E-state index in [1.54, 1.807) is 10.6 Å². The van der Waals surface area contributed by atoms with Crippen molar-refractivity contribution in [1.82, 2.24) is 25.0 Å². The first-order valence-electron chi connectivity index (χ1n) is 9.46. The van der Waals surface area contributed by atoms with Crippen molar-refractivity contribution in [3.05, 3.63) is 35.1 Å². The molecule has 0 radical (unpaired) electrons. The highest BCUT2D eigenvalue weighted by Gasteiger charge is 2.19. The van der Waals surface area contributed by atoms with Crippen LogP contribution < -0.4 is 5.32 Å². The van der Waals surface area contributed by atoms with E-state index in [0.717, 1.165) is 23.0 Å². The Hall–Kier alpha value is -2.59. The van der Waals surface area contributed by atoms with Crippen LogP contribution >= 0.6 is 23.4 Å². The summed E-state index contributed by atoms with van der Waals surface area (Å²) in [5.41, 5.74) is 1.32. The molecule has 2 aromatic rings. The van der Waals surface area contributed by atoms with Crippen LogP contribution in [0.1, 0.15) is 26.3 Å². The Morgan fingerprint density at radius 2 is 2.00 bits per heavy atom. The topological polar surface area (TPSA) is 106 Å². The van der Waals surface area contributed by atoms with Gasteiger partial charge in [0.15, 0.2) is 11.8 Å². The predicted octanol–water partition coefficient (Wildman–Crippen LogP) is 2.24. The SMILES string of the molecule is Cc1ccc(-n2cnnc2SCC(=O)OCC(=O)N(C)CC(=O)NC(C)(C)C)cc1Cl. The summed E-state index contributed by atoms with van der Waals surface area (Å²) in [4.78, 5) is 37.3. The number of aryl methyl sites for hydroxylation is 1. The predicted molar refractivity (Wildman–Crippen MR) is 118 cm³/mol. The van der Waals surface area contributed by atoms with Crippen LogP contribution in [0.4, 0.5) is 0 Å². The first-order chi connectivity index (χ1) is 14.5. The molecule has 1 aromatic carbocycles. The Kier molecular flexibility index (Phi) is 8.46. The minimum Gasteiger partial charge on any atom is -0.455 e. The van der Waals surface area contributed by atoms with E-state index in [0.29, 0.717) is 10.2 Å². The van der Waals surface area contributed by atoms with E-state index in [-0.39, 0.29) is 18.2 Å². The Morgan fingerprint density at radius 1 is 1.29 bits per heavy atom. The van der Waals surface area contributed by atoms with Gasteiger partial charge in [0.1, 0.15) is 6.33 Å². The third-order valence-corrected chi connectivity index (χ3v) is 5.27. The molecule has 9 nitrogen and oxygen atoms in total. The maximum Gasteiger partial charge on any atom is 0.316 e.